The van der Waals surface area contributed by atoms with Gasteiger partial charge < -0.3 is 4.74 Å². The third kappa shape index (κ3) is 3.90. The predicted octanol–water partition coefficient (Wildman–Crippen LogP) is 2.65. The predicted molar refractivity (Wildman–Crippen MR) is 88.8 cm³/mol. The van der Waals surface area contributed by atoms with Crippen LogP contribution in [0.2, 0.25) is 5.02 Å². The molecular formula is C14H9ClF3N5O4S. The summed E-state index contributed by atoms with van der Waals surface area (Å²) in [5.74, 6) is -1.87. The highest BCUT2D eigenvalue weighted by atomic mass is 35.5. The molecule has 2 heterocycles. The second-order valence-electron chi connectivity index (χ2n) is 5.21. The summed E-state index contributed by atoms with van der Waals surface area (Å²) in [5.41, 5.74) is 0.149. The van der Waals surface area contributed by atoms with Crippen LogP contribution in [-0.2, 0) is 16.3 Å². The van der Waals surface area contributed by atoms with Crippen molar-refractivity contribution in [1.29, 1.82) is 0 Å². The van der Waals surface area contributed by atoms with Gasteiger partial charge in [-0.15, -0.1) is 5.10 Å². The normalized spacial score (nSPS) is 12.2. The van der Waals surface area contributed by atoms with Crippen LogP contribution in [0.4, 0.5) is 13.2 Å². The van der Waals surface area contributed by atoms with Crippen LogP contribution in [0.25, 0.3) is 17.3 Å². The standard InChI is InChI=1S/C14H9ClF3N5O4S/c1-27-10-3-2-7(4-9(10)15)11-21-12(14(16,17)18)22-23(11)13-19-5-8(6-20-13)28(24,25)26/h2-6H,1H3,(H,24,25,26). The summed E-state index contributed by atoms with van der Waals surface area (Å²) < 4.78 is 76.0. The number of benzene rings is 1. The van der Waals surface area contributed by atoms with E-state index < -0.39 is 33.0 Å². The quantitative estimate of drug-likeness (QED) is 0.621. The molecule has 0 aliphatic rings. The second-order valence-corrected chi connectivity index (χ2v) is 7.04. The van der Waals surface area contributed by atoms with Gasteiger partial charge in [0.05, 0.1) is 24.5 Å². The fraction of sp³-hybridized carbons (Fsp3) is 0.143. The van der Waals surface area contributed by atoms with E-state index in [1.165, 1.54) is 25.3 Å². The molecule has 28 heavy (non-hydrogen) atoms. The Labute approximate surface area is 160 Å². The van der Waals surface area contributed by atoms with Gasteiger partial charge in [0.2, 0.25) is 0 Å². The first-order valence-electron chi connectivity index (χ1n) is 7.19. The maximum absolute atomic E-state index is 13.1. The second kappa shape index (κ2) is 7.00. The highest BCUT2D eigenvalue weighted by Gasteiger charge is 2.38. The van der Waals surface area contributed by atoms with Crippen LogP contribution in [0.5, 0.6) is 5.75 Å². The zero-order valence-corrected chi connectivity index (χ0v) is 15.3. The van der Waals surface area contributed by atoms with E-state index in [2.05, 4.69) is 20.1 Å². The monoisotopic (exact) mass is 435 g/mol. The number of ether oxygens (including phenoxy) is 1. The summed E-state index contributed by atoms with van der Waals surface area (Å²) >= 11 is 6.02. The van der Waals surface area contributed by atoms with Crippen molar-refractivity contribution in [3.8, 4) is 23.1 Å². The van der Waals surface area contributed by atoms with Crippen molar-refractivity contribution in [1.82, 2.24) is 24.7 Å². The van der Waals surface area contributed by atoms with Crippen LogP contribution in [0, 0.1) is 0 Å². The van der Waals surface area contributed by atoms with Gasteiger partial charge >= 0.3 is 6.18 Å². The maximum Gasteiger partial charge on any atom is 0.453 e. The van der Waals surface area contributed by atoms with Crippen molar-refractivity contribution in [2.75, 3.05) is 7.11 Å². The number of alkyl halides is 3. The highest BCUT2D eigenvalue weighted by Crippen LogP contribution is 2.33. The molecular weight excluding hydrogens is 427 g/mol. The Morgan fingerprint density at radius 3 is 2.36 bits per heavy atom. The van der Waals surface area contributed by atoms with E-state index in [1.807, 2.05) is 0 Å². The van der Waals surface area contributed by atoms with Crippen LogP contribution in [0.15, 0.2) is 35.5 Å². The number of nitrogens with zero attached hydrogens (tertiary/aromatic N) is 5. The minimum absolute atomic E-state index is 0.116. The van der Waals surface area contributed by atoms with Crippen LogP contribution < -0.4 is 4.74 Å². The first kappa shape index (κ1) is 20.0. The van der Waals surface area contributed by atoms with Crippen molar-refractivity contribution in [2.24, 2.45) is 0 Å². The van der Waals surface area contributed by atoms with Crippen molar-refractivity contribution in [3.63, 3.8) is 0 Å². The number of hydrogen-bond acceptors (Lipinski definition) is 7. The summed E-state index contributed by atoms with van der Waals surface area (Å²) in [6.07, 6.45) is -3.42. The Balaban J connectivity index is 2.18. The molecule has 0 saturated heterocycles. The highest BCUT2D eigenvalue weighted by molar-refractivity contribution is 7.85. The van der Waals surface area contributed by atoms with Gasteiger partial charge in [0.15, 0.2) is 5.82 Å². The minimum Gasteiger partial charge on any atom is -0.495 e. The van der Waals surface area contributed by atoms with Crippen LogP contribution in [0.1, 0.15) is 5.82 Å². The van der Waals surface area contributed by atoms with E-state index in [4.69, 9.17) is 20.9 Å². The Morgan fingerprint density at radius 2 is 1.86 bits per heavy atom. The number of aromatic nitrogens is 5. The van der Waals surface area contributed by atoms with Crippen molar-refractivity contribution in [3.05, 3.63) is 41.4 Å². The fourth-order valence-electron chi connectivity index (χ4n) is 2.12. The lowest BCUT2D eigenvalue weighted by atomic mass is 10.2. The van der Waals surface area contributed by atoms with Gasteiger partial charge in [-0.2, -0.15) is 26.3 Å². The van der Waals surface area contributed by atoms with Crippen LogP contribution in [0.3, 0.4) is 0 Å². The Hall–Kier alpha value is -2.77. The first-order chi connectivity index (χ1) is 13.0. The Bertz CT molecular complexity index is 1130. The van der Waals surface area contributed by atoms with Crippen LogP contribution >= 0.6 is 11.6 Å². The van der Waals surface area contributed by atoms with E-state index in [0.717, 1.165) is 12.4 Å². The number of methoxy groups -OCH3 is 1. The van der Waals surface area contributed by atoms with E-state index in [0.29, 0.717) is 10.4 Å². The molecule has 0 amide bonds. The lowest BCUT2D eigenvalue weighted by Crippen LogP contribution is -2.10. The van der Waals surface area contributed by atoms with Crippen molar-refractivity contribution >= 4 is 21.7 Å². The molecule has 0 aliphatic carbocycles. The molecule has 0 radical (unpaired) electrons. The Morgan fingerprint density at radius 1 is 1.21 bits per heavy atom. The molecule has 1 aromatic carbocycles. The molecule has 14 heteroatoms. The Kier molecular flexibility index (Phi) is 4.99. The van der Waals surface area contributed by atoms with E-state index in [9.17, 15) is 21.6 Å². The molecule has 0 saturated carbocycles. The summed E-state index contributed by atoms with van der Waals surface area (Å²) in [7, 11) is -3.21. The number of halogens is 4. The molecule has 3 rings (SSSR count). The third-order valence-electron chi connectivity index (χ3n) is 3.37. The number of hydrogen-bond donors (Lipinski definition) is 1. The summed E-state index contributed by atoms with van der Waals surface area (Å²) in [5, 5.41) is 3.48. The summed E-state index contributed by atoms with van der Waals surface area (Å²) in [6, 6.07) is 4.14. The van der Waals surface area contributed by atoms with E-state index >= 15 is 0 Å². The molecule has 148 valence electrons. The number of rotatable bonds is 4. The third-order valence-corrected chi connectivity index (χ3v) is 4.47. The summed E-state index contributed by atoms with van der Waals surface area (Å²) in [4.78, 5) is 10.1. The molecule has 0 aliphatic heterocycles. The molecule has 0 atom stereocenters. The topological polar surface area (TPSA) is 120 Å². The zero-order valence-electron chi connectivity index (χ0n) is 13.7. The molecule has 0 spiro atoms. The average molecular weight is 436 g/mol. The van der Waals surface area contributed by atoms with E-state index in [1.54, 1.807) is 0 Å². The minimum atomic E-state index is -4.86. The van der Waals surface area contributed by atoms with Crippen molar-refractivity contribution in [2.45, 2.75) is 11.1 Å². The first-order valence-corrected chi connectivity index (χ1v) is 9.00. The smallest absolute Gasteiger partial charge is 0.453 e. The summed E-state index contributed by atoms with van der Waals surface area (Å²) in [6.45, 7) is 0. The van der Waals surface area contributed by atoms with Gasteiger partial charge in [-0.25, -0.2) is 15.0 Å². The largest absolute Gasteiger partial charge is 0.495 e. The lowest BCUT2D eigenvalue weighted by molar-refractivity contribution is -0.144. The van der Waals surface area contributed by atoms with Crippen molar-refractivity contribution < 1.29 is 30.9 Å². The molecule has 2 aromatic heterocycles. The molecule has 3 aromatic rings. The molecule has 9 nitrogen and oxygen atoms in total. The van der Waals surface area contributed by atoms with E-state index in [-0.39, 0.29) is 16.4 Å². The molecule has 0 unspecified atom stereocenters. The van der Waals surface area contributed by atoms with Gasteiger partial charge in [0.25, 0.3) is 21.9 Å². The van der Waals surface area contributed by atoms with Gasteiger partial charge in [0, 0.05) is 5.56 Å². The van der Waals surface area contributed by atoms with Gasteiger partial charge in [0.1, 0.15) is 10.6 Å². The molecule has 0 fully saturated rings. The van der Waals surface area contributed by atoms with Gasteiger partial charge in [-0.05, 0) is 18.2 Å². The lowest BCUT2D eigenvalue weighted by Gasteiger charge is -2.07. The maximum atomic E-state index is 13.1. The molecule has 0 bridgehead atoms. The fourth-order valence-corrected chi connectivity index (χ4v) is 2.75. The zero-order chi connectivity index (χ0) is 20.7. The average Bonchev–Trinajstić information content (AvgIpc) is 3.07. The van der Waals surface area contributed by atoms with Gasteiger partial charge in [-0.1, -0.05) is 11.6 Å². The van der Waals surface area contributed by atoms with Gasteiger partial charge in [-0.3, -0.25) is 4.55 Å². The van der Waals surface area contributed by atoms with Crippen LogP contribution in [-0.4, -0.2) is 44.8 Å². The SMILES string of the molecule is COc1ccc(-c2nc(C(F)(F)F)nn2-c2ncc(S(=O)(=O)O)cn2)cc1Cl. The molecule has 1 N–H and O–H groups in total.